The van der Waals surface area contributed by atoms with Gasteiger partial charge in [-0.1, -0.05) is 46.3 Å². The molecule has 1 unspecified atom stereocenters. The van der Waals surface area contributed by atoms with Crippen LogP contribution < -0.4 is 0 Å². The van der Waals surface area contributed by atoms with Crippen molar-refractivity contribution in [3.05, 3.63) is 64.3 Å². The van der Waals surface area contributed by atoms with Crippen LogP contribution in [0.25, 0.3) is 10.9 Å². The molecule has 26 heavy (non-hydrogen) atoms. The van der Waals surface area contributed by atoms with Crippen LogP contribution in [0.15, 0.2) is 53.1 Å². The lowest BCUT2D eigenvalue weighted by Crippen LogP contribution is -2.25. The number of nitrogens with zero attached hydrogens (tertiary/aromatic N) is 2. The highest BCUT2D eigenvalue weighted by Crippen LogP contribution is 2.26. The van der Waals surface area contributed by atoms with E-state index in [2.05, 4.69) is 21.0 Å². The van der Waals surface area contributed by atoms with Crippen molar-refractivity contribution in [3.63, 3.8) is 0 Å². The molecule has 2 aromatic carbocycles. The van der Waals surface area contributed by atoms with Gasteiger partial charge in [-0.2, -0.15) is 5.10 Å². The van der Waals surface area contributed by atoms with Gasteiger partial charge in [0.25, 0.3) is 0 Å². The highest BCUT2D eigenvalue weighted by atomic mass is 79.9. The molecule has 0 aliphatic rings. The van der Waals surface area contributed by atoms with Crippen LogP contribution in [0.5, 0.6) is 0 Å². The third-order valence-corrected chi connectivity index (χ3v) is 4.59. The van der Waals surface area contributed by atoms with Gasteiger partial charge >= 0.3 is 5.97 Å². The number of rotatable bonds is 6. The molecule has 0 saturated heterocycles. The maximum absolute atomic E-state index is 12.6. The zero-order valence-electron chi connectivity index (χ0n) is 14.6. The molecule has 1 aromatic heterocycles. The first-order chi connectivity index (χ1) is 12.5. The number of benzene rings is 2. The topological polar surface area (TPSA) is 61.2 Å². The molecular weight excluding hydrogens is 396 g/mol. The van der Waals surface area contributed by atoms with Gasteiger partial charge in [-0.15, -0.1) is 0 Å². The Morgan fingerprint density at radius 1 is 1.23 bits per heavy atom. The predicted molar refractivity (Wildman–Crippen MR) is 103 cm³/mol. The van der Waals surface area contributed by atoms with Crippen LogP contribution in [0.1, 0.15) is 35.3 Å². The molecule has 5 nitrogen and oxygen atoms in total. The monoisotopic (exact) mass is 414 g/mol. The SMILES string of the molecule is CCOC(=O)C(CC(=O)c1ccccc1)n1cc2cc(Br)cc(C)c2n1. The van der Waals surface area contributed by atoms with E-state index in [0.717, 1.165) is 20.9 Å². The third-order valence-electron chi connectivity index (χ3n) is 4.13. The summed E-state index contributed by atoms with van der Waals surface area (Å²) in [7, 11) is 0. The van der Waals surface area contributed by atoms with Crippen molar-refractivity contribution in [3.8, 4) is 0 Å². The average molecular weight is 415 g/mol. The Morgan fingerprint density at radius 3 is 2.65 bits per heavy atom. The lowest BCUT2D eigenvalue weighted by molar-refractivity contribution is -0.147. The Balaban J connectivity index is 1.97. The molecule has 3 rings (SSSR count). The first-order valence-corrected chi connectivity index (χ1v) is 9.18. The van der Waals surface area contributed by atoms with Gasteiger partial charge in [0.2, 0.25) is 0 Å². The molecule has 1 atom stereocenters. The first-order valence-electron chi connectivity index (χ1n) is 8.39. The summed E-state index contributed by atoms with van der Waals surface area (Å²) in [5.41, 5.74) is 2.36. The first kappa shape index (κ1) is 18.3. The summed E-state index contributed by atoms with van der Waals surface area (Å²) in [6.45, 7) is 3.95. The number of ketones is 1. The number of carbonyl (C=O) groups is 2. The maximum atomic E-state index is 12.6. The van der Waals surface area contributed by atoms with E-state index >= 15 is 0 Å². The fourth-order valence-electron chi connectivity index (χ4n) is 2.88. The zero-order valence-corrected chi connectivity index (χ0v) is 16.2. The molecule has 0 bridgehead atoms. The zero-order chi connectivity index (χ0) is 18.7. The summed E-state index contributed by atoms with van der Waals surface area (Å²) >= 11 is 3.47. The Bertz CT molecular complexity index is 950. The second-order valence-electron chi connectivity index (χ2n) is 6.03. The van der Waals surface area contributed by atoms with Crippen molar-refractivity contribution in [2.75, 3.05) is 6.61 Å². The van der Waals surface area contributed by atoms with Crippen molar-refractivity contribution in [2.24, 2.45) is 0 Å². The lowest BCUT2D eigenvalue weighted by Gasteiger charge is -2.15. The van der Waals surface area contributed by atoms with Crippen molar-refractivity contribution < 1.29 is 14.3 Å². The third kappa shape index (κ3) is 3.85. The van der Waals surface area contributed by atoms with Gasteiger partial charge in [-0.05, 0) is 31.5 Å². The summed E-state index contributed by atoms with van der Waals surface area (Å²) in [5.74, 6) is -0.581. The van der Waals surface area contributed by atoms with Crippen LogP contribution in [0.3, 0.4) is 0 Å². The number of aromatic nitrogens is 2. The quantitative estimate of drug-likeness (QED) is 0.440. The van der Waals surface area contributed by atoms with Gasteiger partial charge in [-0.3, -0.25) is 9.48 Å². The Morgan fingerprint density at radius 2 is 1.96 bits per heavy atom. The molecule has 0 amide bonds. The lowest BCUT2D eigenvalue weighted by atomic mass is 10.0. The predicted octanol–water partition coefficient (Wildman–Crippen LogP) is 4.48. The van der Waals surface area contributed by atoms with Gasteiger partial charge in [0.05, 0.1) is 12.1 Å². The molecule has 1 heterocycles. The van der Waals surface area contributed by atoms with E-state index in [0.29, 0.717) is 5.56 Å². The maximum Gasteiger partial charge on any atom is 0.331 e. The number of ether oxygens (including phenoxy) is 1. The molecule has 6 heteroatoms. The van der Waals surface area contributed by atoms with Gasteiger partial charge in [0.1, 0.15) is 0 Å². The molecule has 134 valence electrons. The van der Waals surface area contributed by atoms with Gasteiger partial charge in [0.15, 0.2) is 11.8 Å². The van der Waals surface area contributed by atoms with Crippen molar-refractivity contribution in [1.29, 1.82) is 0 Å². The highest BCUT2D eigenvalue weighted by Gasteiger charge is 2.27. The van der Waals surface area contributed by atoms with E-state index in [9.17, 15) is 9.59 Å². The second-order valence-corrected chi connectivity index (χ2v) is 6.95. The number of esters is 1. The molecule has 0 radical (unpaired) electrons. The number of fused-ring (bicyclic) bond motifs is 1. The normalized spacial score (nSPS) is 12.1. The Kier molecular flexibility index (Phi) is 5.52. The number of Topliss-reactive ketones (excluding diaryl/α,β-unsaturated/α-hetero) is 1. The number of hydrogen-bond donors (Lipinski definition) is 0. The van der Waals surface area contributed by atoms with E-state index in [1.807, 2.05) is 25.1 Å². The summed E-state index contributed by atoms with van der Waals surface area (Å²) < 4.78 is 7.67. The van der Waals surface area contributed by atoms with Crippen LogP contribution >= 0.6 is 15.9 Å². The van der Waals surface area contributed by atoms with E-state index in [4.69, 9.17) is 4.74 Å². The minimum Gasteiger partial charge on any atom is -0.464 e. The van der Waals surface area contributed by atoms with Crippen LogP contribution in [-0.4, -0.2) is 28.1 Å². The molecule has 0 spiro atoms. The second kappa shape index (κ2) is 7.83. The number of halogens is 1. The summed E-state index contributed by atoms with van der Waals surface area (Å²) in [5, 5.41) is 5.45. The number of aryl methyl sites for hydroxylation is 1. The smallest absolute Gasteiger partial charge is 0.331 e. The molecule has 0 N–H and O–H groups in total. The largest absolute Gasteiger partial charge is 0.464 e. The van der Waals surface area contributed by atoms with Crippen LogP contribution in [0, 0.1) is 6.92 Å². The minimum absolute atomic E-state index is 0.00292. The van der Waals surface area contributed by atoms with Gasteiger partial charge in [-0.25, -0.2) is 4.79 Å². The van der Waals surface area contributed by atoms with E-state index < -0.39 is 12.0 Å². The van der Waals surface area contributed by atoms with Crippen LogP contribution in [0.4, 0.5) is 0 Å². The summed E-state index contributed by atoms with van der Waals surface area (Å²) in [4.78, 5) is 25.1. The van der Waals surface area contributed by atoms with E-state index in [1.165, 1.54) is 0 Å². The average Bonchev–Trinajstić information content (AvgIpc) is 3.04. The molecule has 3 aromatic rings. The molecule has 0 fully saturated rings. The molecule has 0 aliphatic heterocycles. The standard InChI is InChI=1S/C20H19BrN2O3/c1-3-26-20(25)17(11-18(24)14-7-5-4-6-8-14)23-12-15-10-16(21)9-13(2)19(15)22-23/h4-10,12,17H,3,11H2,1-2H3. The molecule has 0 aliphatic carbocycles. The Hall–Kier alpha value is -2.47. The highest BCUT2D eigenvalue weighted by molar-refractivity contribution is 9.10. The van der Waals surface area contributed by atoms with Crippen LogP contribution in [0.2, 0.25) is 0 Å². The van der Waals surface area contributed by atoms with Gasteiger partial charge in [0, 0.05) is 28.0 Å². The summed E-state index contributed by atoms with van der Waals surface area (Å²) in [6, 6.07) is 12.0. The van der Waals surface area contributed by atoms with Crippen molar-refractivity contribution >= 4 is 38.6 Å². The van der Waals surface area contributed by atoms with E-state index in [1.54, 1.807) is 42.1 Å². The number of hydrogen-bond acceptors (Lipinski definition) is 4. The fourth-order valence-corrected chi connectivity index (χ4v) is 3.47. The van der Waals surface area contributed by atoms with Crippen LogP contribution in [-0.2, 0) is 9.53 Å². The number of carbonyl (C=O) groups excluding carboxylic acids is 2. The minimum atomic E-state index is -0.798. The van der Waals surface area contributed by atoms with E-state index in [-0.39, 0.29) is 18.8 Å². The molecular formula is C20H19BrN2O3. The fraction of sp³-hybridized carbons (Fsp3) is 0.250. The van der Waals surface area contributed by atoms with Crippen molar-refractivity contribution in [2.45, 2.75) is 26.3 Å². The van der Waals surface area contributed by atoms with Gasteiger partial charge < -0.3 is 4.74 Å². The van der Waals surface area contributed by atoms with Crippen molar-refractivity contribution in [1.82, 2.24) is 9.78 Å². The summed E-state index contributed by atoms with van der Waals surface area (Å²) in [6.07, 6.45) is 1.78. The molecule has 0 saturated carbocycles. The Labute approximate surface area is 160 Å².